The predicted octanol–water partition coefficient (Wildman–Crippen LogP) is 2.46. The highest BCUT2D eigenvalue weighted by Crippen LogP contribution is 2.27. The lowest BCUT2D eigenvalue weighted by atomic mass is 10.1. The van der Waals surface area contributed by atoms with Gasteiger partial charge in [0.1, 0.15) is 5.82 Å². The molecule has 0 fully saturated rings. The predicted molar refractivity (Wildman–Crippen MR) is 76.7 cm³/mol. The van der Waals surface area contributed by atoms with E-state index in [9.17, 15) is 25.0 Å². The van der Waals surface area contributed by atoms with E-state index in [-0.39, 0.29) is 5.56 Å². The maximum Gasteiger partial charge on any atom is 0.346 e. The van der Waals surface area contributed by atoms with Gasteiger partial charge in [0, 0.05) is 23.9 Å². The molecule has 0 saturated heterocycles. The van der Waals surface area contributed by atoms with Gasteiger partial charge < -0.3 is 5.32 Å². The summed E-state index contributed by atoms with van der Waals surface area (Å²) in [7, 11) is 0. The van der Waals surface area contributed by atoms with Gasteiger partial charge >= 0.3 is 11.4 Å². The lowest BCUT2D eigenvalue weighted by Crippen LogP contribution is -2.14. The Balaban J connectivity index is 2.35. The molecule has 0 atom stereocenters. The monoisotopic (exact) mass is 302 g/mol. The largest absolute Gasteiger partial charge is 0.346 e. The number of benzene rings is 1. The average Bonchev–Trinajstić information content (AvgIpc) is 2.48. The first-order chi connectivity index (χ1) is 10.4. The van der Waals surface area contributed by atoms with Crippen LogP contribution >= 0.6 is 0 Å². The Morgan fingerprint density at radius 2 is 1.82 bits per heavy atom. The van der Waals surface area contributed by atoms with Crippen LogP contribution in [0.5, 0.6) is 0 Å². The van der Waals surface area contributed by atoms with Crippen LogP contribution in [0.3, 0.4) is 0 Å². The standard InChI is InChI=1S/C13H10N4O5/c1-8-3-2-6-14-12(8)15-13(18)9-4-5-10(16(19)20)11(7-9)17(21)22/h2-7H,1H3,(H,14,15,18). The van der Waals surface area contributed by atoms with Gasteiger partial charge in [-0.05, 0) is 24.6 Å². The first-order valence-electron chi connectivity index (χ1n) is 6.06. The minimum absolute atomic E-state index is 0.0673. The average molecular weight is 302 g/mol. The molecular formula is C13H10N4O5. The molecule has 0 aliphatic heterocycles. The Bertz CT molecular complexity index is 775. The number of aryl methyl sites for hydroxylation is 1. The van der Waals surface area contributed by atoms with Crippen molar-refractivity contribution >= 4 is 23.1 Å². The van der Waals surface area contributed by atoms with Gasteiger partial charge in [-0.3, -0.25) is 25.0 Å². The first-order valence-corrected chi connectivity index (χ1v) is 6.06. The summed E-state index contributed by atoms with van der Waals surface area (Å²) in [6, 6.07) is 6.38. The van der Waals surface area contributed by atoms with Crippen molar-refractivity contribution in [1.29, 1.82) is 0 Å². The summed E-state index contributed by atoms with van der Waals surface area (Å²) >= 11 is 0. The van der Waals surface area contributed by atoms with E-state index in [2.05, 4.69) is 10.3 Å². The third-order valence-electron chi connectivity index (χ3n) is 2.87. The van der Waals surface area contributed by atoms with E-state index in [1.165, 1.54) is 6.20 Å². The topological polar surface area (TPSA) is 128 Å². The number of nitrogens with one attached hydrogen (secondary N) is 1. The van der Waals surface area contributed by atoms with Crippen LogP contribution in [-0.4, -0.2) is 20.7 Å². The molecule has 1 aromatic heterocycles. The molecule has 0 bridgehead atoms. The van der Waals surface area contributed by atoms with Gasteiger partial charge in [0.15, 0.2) is 0 Å². The van der Waals surface area contributed by atoms with Gasteiger partial charge in [-0.1, -0.05) is 6.07 Å². The molecule has 1 amide bonds. The number of carbonyl (C=O) groups excluding carboxylic acids is 1. The smallest absolute Gasteiger partial charge is 0.306 e. The number of rotatable bonds is 4. The second-order valence-electron chi connectivity index (χ2n) is 4.34. The zero-order chi connectivity index (χ0) is 16.3. The number of hydrogen-bond acceptors (Lipinski definition) is 6. The van der Waals surface area contributed by atoms with E-state index in [0.717, 1.165) is 18.2 Å². The molecule has 2 aromatic rings. The fourth-order valence-electron chi connectivity index (χ4n) is 1.76. The van der Waals surface area contributed by atoms with Crippen molar-refractivity contribution in [3.63, 3.8) is 0 Å². The molecule has 22 heavy (non-hydrogen) atoms. The highest BCUT2D eigenvalue weighted by molar-refractivity contribution is 6.04. The van der Waals surface area contributed by atoms with Gasteiger partial charge in [-0.15, -0.1) is 0 Å². The van der Waals surface area contributed by atoms with Crippen LogP contribution in [0.1, 0.15) is 15.9 Å². The van der Waals surface area contributed by atoms with Crippen LogP contribution in [0.2, 0.25) is 0 Å². The second-order valence-corrected chi connectivity index (χ2v) is 4.34. The summed E-state index contributed by atoms with van der Waals surface area (Å²) in [5.41, 5.74) is -0.763. The van der Waals surface area contributed by atoms with Crippen molar-refractivity contribution in [2.75, 3.05) is 5.32 Å². The van der Waals surface area contributed by atoms with Crippen LogP contribution in [0.15, 0.2) is 36.5 Å². The SMILES string of the molecule is Cc1cccnc1NC(=O)c1ccc([N+](=O)[O-])c([N+](=O)[O-])c1. The number of carbonyl (C=O) groups is 1. The van der Waals surface area contributed by atoms with E-state index >= 15 is 0 Å². The van der Waals surface area contributed by atoms with E-state index in [1.807, 2.05) is 0 Å². The number of pyridine rings is 1. The second kappa shape index (κ2) is 5.95. The van der Waals surface area contributed by atoms with E-state index < -0.39 is 27.1 Å². The number of nitro groups is 2. The summed E-state index contributed by atoms with van der Waals surface area (Å²) in [6.07, 6.45) is 1.49. The van der Waals surface area contributed by atoms with Crippen LogP contribution in [0, 0.1) is 27.2 Å². The Kier molecular flexibility index (Phi) is 4.07. The van der Waals surface area contributed by atoms with E-state index in [4.69, 9.17) is 0 Å². The molecule has 0 saturated carbocycles. The highest BCUT2D eigenvalue weighted by Gasteiger charge is 2.25. The Labute approximate surface area is 123 Å². The number of nitro benzene ring substituents is 2. The molecule has 1 aromatic carbocycles. The Morgan fingerprint density at radius 3 is 2.41 bits per heavy atom. The Morgan fingerprint density at radius 1 is 1.14 bits per heavy atom. The maximum absolute atomic E-state index is 12.1. The third-order valence-corrected chi connectivity index (χ3v) is 2.87. The number of nitrogens with zero attached hydrogens (tertiary/aromatic N) is 3. The number of anilines is 1. The Hall–Kier alpha value is -3.36. The quantitative estimate of drug-likeness (QED) is 0.682. The van der Waals surface area contributed by atoms with Crippen molar-refractivity contribution in [2.45, 2.75) is 6.92 Å². The summed E-state index contributed by atoms with van der Waals surface area (Å²) < 4.78 is 0. The number of amides is 1. The van der Waals surface area contributed by atoms with Crippen molar-refractivity contribution in [1.82, 2.24) is 4.98 Å². The minimum Gasteiger partial charge on any atom is -0.306 e. The molecule has 0 spiro atoms. The molecule has 0 aliphatic carbocycles. The summed E-state index contributed by atoms with van der Waals surface area (Å²) in [5, 5.41) is 24.1. The number of hydrogen-bond donors (Lipinski definition) is 1. The van der Waals surface area contributed by atoms with Crippen LogP contribution in [-0.2, 0) is 0 Å². The zero-order valence-corrected chi connectivity index (χ0v) is 11.3. The first kappa shape index (κ1) is 15.0. The van der Waals surface area contributed by atoms with Crippen LogP contribution < -0.4 is 5.32 Å². The summed E-state index contributed by atoms with van der Waals surface area (Å²) in [5.74, 6) is -0.326. The van der Waals surface area contributed by atoms with Gasteiger partial charge in [0.2, 0.25) is 0 Å². The van der Waals surface area contributed by atoms with Crippen molar-refractivity contribution in [2.24, 2.45) is 0 Å². The van der Waals surface area contributed by atoms with Crippen molar-refractivity contribution in [3.05, 3.63) is 67.9 Å². The van der Waals surface area contributed by atoms with Gasteiger partial charge in [0.05, 0.1) is 9.85 Å². The van der Waals surface area contributed by atoms with Crippen LogP contribution in [0.4, 0.5) is 17.2 Å². The molecule has 0 radical (unpaired) electrons. The third kappa shape index (κ3) is 3.03. The maximum atomic E-state index is 12.1. The summed E-state index contributed by atoms with van der Waals surface area (Å²) in [6.45, 7) is 1.74. The van der Waals surface area contributed by atoms with Gasteiger partial charge in [-0.2, -0.15) is 0 Å². The summed E-state index contributed by atoms with van der Waals surface area (Å²) in [4.78, 5) is 35.9. The minimum atomic E-state index is -0.902. The molecule has 9 heteroatoms. The number of aromatic nitrogens is 1. The molecular weight excluding hydrogens is 292 g/mol. The lowest BCUT2D eigenvalue weighted by molar-refractivity contribution is -0.422. The van der Waals surface area contributed by atoms with Crippen molar-refractivity contribution in [3.8, 4) is 0 Å². The van der Waals surface area contributed by atoms with Gasteiger partial charge in [0.25, 0.3) is 5.91 Å². The molecule has 1 N–H and O–H groups in total. The molecule has 0 unspecified atom stereocenters. The molecule has 112 valence electrons. The lowest BCUT2D eigenvalue weighted by Gasteiger charge is -2.06. The van der Waals surface area contributed by atoms with E-state index in [1.54, 1.807) is 19.1 Å². The zero-order valence-electron chi connectivity index (χ0n) is 11.3. The van der Waals surface area contributed by atoms with Gasteiger partial charge in [-0.25, -0.2) is 4.98 Å². The molecule has 0 aliphatic rings. The normalized spacial score (nSPS) is 10.0. The fourth-order valence-corrected chi connectivity index (χ4v) is 1.76. The highest BCUT2D eigenvalue weighted by atomic mass is 16.6. The fraction of sp³-hybridized carbons (Fsp3) is 0.0769. The van der Waals surface area contributed by atoms with Crippen LogP contribution in [0.25, 0.3) is 0 Å². The molecule has 1 heterocycles. The van der Waals surface area contributed by atoms with Crippen molar-refractivity contribution < 1.29 is 14.6 Å². The molecule has 2 rings (SSSR count). The molecule has 9 nitrogen and oxygen atoms in total. The van der Waals surface area contributed by atoms with E-state index in [0.29, 0.717) is 11.4 Å².